The lowest BCUT2D eigenvalue weighted by Gasteiger charge is -2.18. The van der Waals surface area contributed by atoms with E-state index in [0.717, 1.165) is 41.1 Å². The topological polar surface area (TPSA) is 45.2 Å². The highest BCUT2D eigenvalue weighted by Crippen LogP contribution is 2.22. The zero-order valence-electron chi connectivity index (χ0n) is 14.5. The van der Waals surface area contributed by atoms with Crippen molar-refractivity contribution in [3.8, 4) is 11.3 Å². The van der Waals surface area contributed by atoms with E-state index in [1.54, 1.807) is 0 Å². The monoisotopic (exact) mass is 389 g/mol. The minimum absolute atomic E-state index is 0.0621. The zero-order chi connectivity index (χ0) is 17.5. The Morgan fingerprint density at radius 2 is 1.96 bits per heavy atom. The third-order valence-electron chi connectivity index (χ3n) is 4.06. The molecule has 0 radical (unpaired) electrons. The summed E-state index contributed by atoms with van der Waals surface area (Å²) in [7, 11) is 0. The van der Waals surface area contributed by atoms with Crippen molar-refractivity contribution in [2.24, 2.45) is 0 Å². The fraction of sp³-hybridized carbons (Fsp3) is 0.368. The summed E-state index contributed by atoms with van der Waals surface area (Å²) in [4.78, 5) is 19.2. The van der Waals surface area contributed by atoms with Crippen LogP contribution in [0.1, 0.15) is 29.9 Å². The summed E-state index contributed by atoms with van der Waals surface area (Å²) in [6, 6.07) is 11.7. The molecular formula is C19H24BrN3O. The third-order valence-corrected chi connectivity index (χ3v) is 4.55. The van der Waals surface area contributed by atoms with Gasteiger partial charge in [-0.25, -0.2) is 0 Å². The van der Waals surface area contributed by atoms with Crippen molar-refractivity contribution in [2.75, 3.05) is 26.2 Å². The number of nitrogens with zero attached hydrogens (tertiary/aromatic N) is 2. The molecule has 2 aromatic rings. The molecule has 4 nitrogen and oxygen atoms in total. The number of aryl methyl sites for hydroxylation is 1. The Bertz CT molecular complexity index is 699. The van der Waals surface area contributed by atoms with Gasteiger partial charge in [0.2, 0.25) is 0 Å². The van der Waals surface area contributed by atoms with Crippen LogP contribution in [0.4, 0.5) is 0 Å². The minimum atomic E-state index is -0.0621. The van der Waals surface area contributed by atoms with E-state index in [9.17, 15) is 4.79 Å². The van der Waals surface area contributed by atoms with Gasteiger partial charge in [0.1, 0.15) is 0 Å². The average Bonchev–Trinajstić information content (AvgIpc) is 2.58. The summed E-state index contributed by atoms with van der Waals surface area (Å²) in [5, 5.41) is 2.98. The van der Waals surface area contributed by atoms with E-state index in [1.807, 2.05) is 43.3 Å². The first kappa shape index (κ1) is 18.6. The van der Waals surface area contributed by atoms with E-state index >= 15 is 0 Å². The maximum Gasteiger partial charge on any atom is 0.253 e. The first-order valence-electron chi connectivity index (χ1n) is 8.29. The maximum atomic E-state index is 12.3. The molecule has 0 atom stereocenters. The smallest absolute Gasteiger partial charge is 0.253 e. The lowest BCUT2D eigenvalue weighted by molar-refractivity contribution is 0.0948. The molecule has 1 aromatic carbocycles. The molecule has 0 aliphatic rings. The van der Waals surface area contributed by atoms with Crippen LogP contribution in [-0.4, -0.2) is 42.0 Å². The molecule has 0 aliphatic heterocycles. The lowest BCUT2D eigenvalue weighted by atomic mass is 10.1. The van der Waals surface area contributed by atoms with Gasteiger partial charge in [0, 0.05) is 23.1 Å². The highest BCUT2D eigenvalue weighted by atomic mass is 79.9. The molecule has 0 spiro atoms. The Morgan fingerprint density at radius 1 is 1.21 bits per heavy atom. The molecule has 1 aromatic heterocycles. The SMILES string of the molecule is CCN(CC)CCNC(=O)c1ccc(-c2cccc(Br)c2)nc1C. The molecule has 1 heterocycles. The number of carbonyl (C=O) groups is 1. The summed E-state index contributed by atoms with van der Waals surface area (Å²) < 4.78 is 1.01. The first-order chi connectivity index (χ1) is 11.5. The van der Waals surface area contributed by atoms with E-state index in [2.05, 4.69) is 45.0 Å². The fourth-order valence-electron chi connectivity index (χ4n) is 2.57. The minimum Gasteiger partial charge on any atom is -0.351 e. The third kappa shape index (κ3) is 4.89. The van der Waals surface area contributed by atoms with Crippen molar-refractivity contribution in [2.45, 2.75) is 20.8 Å². The van der Waals surface area contributed by atoms with Crippen LogP contribution in [0.25, 0.3) is 11.3 Å². The van der Waals surface area contributed by atoms with E-state index < -0.39 is 0 Å². The van der Waals surface area contributed by atoms with Gasteiger partial charge in [-0.3, -0.25) is 9.78 Å². The van der Waals surface area contributed by atoms with Crippen LogP contribution in [0.15, 0.2) is 40.9 Å². The van der Waals surface area contributed by atoms with E-state index in [0.29, 0.717) is 12.1 Å². The van der Waals surface area contributed by atoms with Gasteiger partial charge in [-0.15, -0.1) is 0 Å². The van der Waals surface area contributed by atoms with Gasteiger partial charge in [0.15, 0.2) is 0 Å². The van der Waals surface area contributed by atoms with Crippen molar-refractivity contribution in [1.29, 1.82) is 0 Å². The van der Waals surface area contributed by atoms with Gasteiger partial charge >= 0.3 is 0 Å². The van der Waals surface area contributed by atoms with Gasteiger partial charge in [-0.2, -0.15) is 0 Å². The van der Waals surface area contributed by atoms with Crippen LogP contribution in [0.5, 0.6) is 0 Å². The number of rotatable bonds is 7. The molecule has 0 fully saturated rings. The van der Waals surface area contributed by atoms with Crippen LogP contribution in [0.3, 0.4) is 0 Å². The van der Waals surface area contributed by atoms with Crippen molar-refractivity contribution in [3.05, 3.63) is 52.1 Å². The van der Waals surface area contributed by atoms with E-state index in [-0.39, 0.29) is 5.91 Å². The van der Waals surface area contributed by atoms with Crippen molar-refractivity contribution in [3.63, 3.8) is 0 Å². The van der Waals surface area contributed by atoms with Crippen molar-refractivity contribution >= 4 is 21.8 Å². The summed E-state index contributed by atoms with van der Waals surface area (Å²) in [6.07, 6.45) is 0. The number of aromatic nitrogens is 1. The molecule has 0 bridgehead atoms. The molecule has 2 rings (SSSR count). The van der Waals surface area contributed by atoms with Crippen molar-refractivity contribution in [1.82, 2.24) is 15.2 Å². The number of halogens is 1. The number of carbonyl (C=O) groups excluding carboxylic acids is 1. The molecule has 1 amide bonds. The molecule has 128 valence electrons. The Kier molecular flexibility index (Phi) is 6.94. The van der Waals surface area contributed by atoms with Gasteiger partial charge in [-0.05, 0) is 44.3 Å². The number of hydrogen-bond donors (Lipinski definition) is 1. The average molecular weight is 390 g/mol. The highest BCUT2D eigenvalue weighted by Gasteiger charge is 2.11. The van der Waals surface area contributed by atoms with Crippen molar-refractivity contribution < 1.29 is 4.79 Å². The maximum absolute atomic E-state index is 12.3. The van der Waals surface area contributed by atoms with Gasteiger partial charge in [0.25, 0.3) is 5.91 Å². The Balaban J connectivity index is 2.05. The number of nitrogens with one attached hydrogen (secondary N) is 1. The Labute approximate surface area is 152 Å². The first-order valence-corrected chi connectivity index (χ1v) is 9.08. The summed E-state index contributed by atoms with van der Waals surface area (Å²) >= 11 is 3.47. The standard InChI is InChI=1S/C19H24BrN3O/c1-4-23(5-2)12-11-21-19(24)17-9-10-18(22-14(17)3)15-7-6-8-16(20)13-15/h6-10,13H,4-5,11-12H2,1-3H3,(H,21,24). The summed E-state index contributed by atoms with van der Waals surface area (Å²) in [5.74, 6) is -0.0621. The number of likely N-dealkylation sites (N-methyl/N-ethyl adjacent to an activating group) is 1. The molecule has 24 heavy (non-hydrogen) atoms. The van der Waals surface area contributed by atoms with Crippen LogP contribution in [-0.2, 0) is 0 Å². The van der Waals surface area contributed by atoms with Gasteiger partial charge in [0.05, 0.1) is 17.0 Å². The molecule has 0 aliphatic carbocycles. The number of amides is 1. The number of hydrogen-bond acceptors (Lipinski definition) is 3. The second-order valence-corrected chi connectivity index (χ2v) is 6.54. The Morgan fingerprint density at radius 3 is 2.58 bits per heavy atom. The number of pyridine rings is 1. The van der Waals surface area contributed by atoms with Crippen LogP contribution in [0, 0.1) is 6.92 Å². The zero-order valence-corrected chi connectivity index (χ0v) is 16.1. The number of benzene rings is 1. The van der Waals surface area contributed by atoms with Crippen LogP contribution < -0.4 is 5.32 Å². The molecule has 0 saturated carbocycles. The highest BCUT2D eigenvalue weighted by molar-refractivity contribution is 9.10. The molecule has 0 unspecified atom stereocenters. The molecular weight excluding hydrogens is 366 g/mol. The largest absolute Gasteiger partial charge is 0.351 e. The van der Waals surface area contributed by atoms with Gasteiger partial charge < -0.3 is 10.2 Å². The Hall–Kier alpha value is -1.72. The van der Waals surface area contributed by atoms with Crippen LogP contribution >= 0.6 is 15.9 Å². The second kappa shape index (κ2) is 8.94. The normalized spacial score (nSPS) is 10.9. The van der Waals surface area contributed by atoms with E-state index in [4.69, 9.17) is 0 Å². The predicted octanol–water partition coefficient (Wildman–Crippen LogP) is 3.89. The lowest BCUT2D eigenvalue weighted by Crippen LogP contribution is -2.35. The predicted molar refractivity (Wildman–Crippen MR) is 102 cm³/mol. The summed E-state index contributed by atoms with van der Waals surface area (Å²) in [6.45, 7) is 9.62. The quantitative estimate of drug-likeness (QED) is 0.780. The second-order valence-electron chi connectivity index (χ2n) is 5.62. The fourth-order valence-corrected chi connectivity index (χ4v) is 2.97. The van der Waals surface area contributed by atoms with E-state index in [1.165, 1.54) is 0 Å². The summed E-state index contributed by atoms with van der Waals surface area (Å²) in [5.41, 5.74) is 3.27. The molecule has 5 heteroatoms. The van der Waals surface area contributed by atoms with Gasteiger partial charge in [-0.1, -0.05) is 41.9 Å². The molecule has 1 N–H and O–H groups in total. The molecule has 0 saturated heterocycles. The van der Waals surface area contributed by atoms with Crippen LogP contribution in [0.2, 0.25) is 0 Å².